The van der Waals surface area contributed by atoms with Crippen molar-refractivity contribution in [1.29, 1.82) is 0 Å². The molecule has 5 heterocycles. The van der Waals surface area contributed by atoms with Gasteiger partial charge < -0.3 is 14.7 Å². The van der Waals surface area contributed by atoms with E-state index in [1.165, 1.54) is 18.4 Å². The van der Waals surface area contributed by atoms with Crippen LogP contribution in [-0.2, 0) is 30.0 Å². The number of benzene rings is 2. The quantitative estimate of drug-likeness (QED) is 0.237. The lowest BCUT2D eigenvalue weighted by atomic mass is 9.96. The Morgan fingerprint density at radius 1 is 1.00 bits per heavy atom. The number of fused-ring (bicyclic) bond motifs is 3. The third-order valence-electron chi connectivity index (χ3n) is 9.44. The largest absolute Gasteiger partial charge is 0.478 e. The van der Waals surface area contributed by atoms with Gasteiger partial charge in [0.15, 0.2) is 0 Å². The van der Waals surface area contributed by atoms with Gasteiger partial charge in [0.05, 0.1) is 34.9 Å². The number of nitrogens with zero attached hydrogens (tertiary/aromatic N) is 5. The summed E-state index contributed by atoms with van der Waals surface area (Å²) in [4.78, 5) is 38.9. The van der Waals surface area contributed by atoms with Crippen molar-refractivity contribution < 1.29 is 23.1 Å². The van der Waals surface area contributed by atoms with Crippen LogP contribution in [-0.4, -0.2) is 76.6 Å². The molecule has 47 heavy (non-hydrogen) atoms. The number of aromatic carboxylic acids is 1. The van der Waals surface area contributed by atoms with Crippen molar-refractivity contribution in [2.75, 3.05) is 36.2 Å². The van der Waals surface area contributed by atoms with Crippen LogP contribution in [0.5, 0.6) is 0 Å². The minimum absolute atomic E-state index is 0.155. The number of anilines is 2. The Labute approximate surface area is 273 Å². The molecular weight excluding hydrogens is 616 g/mol. The Bertz CT molecular complexity index is 2110. The van der Waals surface area contributed by atoms with Gasteiger partial charge in [-0.15, -0.1) is 0 Å². The first kappa shape index (κ1) is 30.7. The van der Waals surface area contributed by atoms with Gasteiger partial charge in [-0.1, -0.05) is 24.3 Å². The molecule has 2 amide bonds. The van der Waals surface area contributed by atoms with E-state index >= 15 is 0 Å². The fraction of sp³-hybridized carbons (Fsp3) is 0.286. The summed E-state index contributed by atoms with van der Waals surface area (Å²) in [5.41, 5.74) is 8.21. The molecule has 1 fully saturated rings. The number of amides is 2. The smallest absolute Gasteiger partial charge is 0.335 e. The van der Waals surface area contributed by atoms with Crippen LogP contribution in [0.15, 0.2) is 73.2 Å². The average Bonchev–Trinajstić information content (AvgIpc) is 3.66. The van der Waals surface area contributed by atoms with Crippen LogP contribution in [0.4, 0.5) is 16.2 Å². The Hall–Kier alpha value is -4.94. The molecule has 0 saturated carbocycles. The summed E-state index contributed by atoms with van der Waals surface area (Å²) in [5, 5.41) is 10.0. The van der Waals surface area contributed by atoms with E-state index in [1.54, 1.807) is 35.2 Å². The first-order chi connectivity index (χ1) is 22.5. The van der Waals surface area contributed by atoms with Crippen molar-refractivity contribution in [3.05, 3.63) is 89.9 Å². The zero-order valence-corrected chi connectivity index (χ0v) is 27.3. The molecular formula is C35H36N6O5S. The number of hydrogen-bond acceptors (Lipinski definition) is 6. The molecule has 242 valence electrons. The molecule has 2 aliphatic heterocycles. The summed E-state index contributed by atoms with van der Waals surface area (Å²) in [6.45, 7) is 2.56. The van der Waals surface area contributed by atoms with E-state index in [1.807, 2.05) is 17.8 Å². The summed E-state index contributed by atoms with van der Waals surface area (Å²) in [5.74, 6) is -1.02. The molecule has 7 rings (SSSR count). The van der Waals surface area contributed by atoms with Crippen molar-refractivity contribution in [3.8, 4) is 22.4 Å². The standard InChI is InChI=1S/C35H36N6O5S/c1-38-15-12-25(20-38)30-31-28-21-41(26-10-8-24(9-11-26)34(42)43)35(44)39(2)29(28)18-36-33(31)37-32(30)23-6-4-22(5-7-23)19-40-16-13-27(14-17-40)47(3,45)46/h4-12,15,18,20,27H,13-14,16-17,19,21H2,1-3H3,(H,36,37)(H,42,43). The van der Waals surface area contributed by atoms with E-state index in [0.717, 1.165) is 64.2 Å². The Morgan fingerprint density at radius 3 is 2.32 bits per heavy atom. The zero-order chi connectivity index (χ0) is 33.0. The van der Waals surface area contributed by atoms with Crippen molar-refractivity contribution in [1.82, 2.24) is 19.4 Å². The minimum Gasteiger partial charge on any atom is -0.478 e. The van der Waals surface area contributed by atoms with E-state index in [4.69, 9.17) is 4.98 Å². The van der Waals surface area contributed by atoms with Gasteiger partial charge in [0.1, 0.15) is 15.5 Å². The van der Waals surface area contributed by atoms with E-state index in [0.29, 0.717) is 24.2 Å². The van der Waals surface area contributed by atoms with Crippen LogP contribution in [0.3, 0.4) is 0 Å². The number of nitrogens with one attached hydrogen (secondary N) is 1. The van der Waals surface area contributed by atoms with Crippen LogP contribution in [0, 0.1) is 0 Å². The maximum absolute atomic E-state index is 13.5. The second-order valence-corrected chi connectivity index (χ2v) is 14.9. The lowest BCUT2D eigenvalue weighted by molar-refractivity contribution is 0.0697. The molecule has 1 saturated heterocycles. The molecule has 11 nitrogen and oxygen atoms in total. The number of carbonyl (C=O) groups is 2. The molecule has 0 spiro atoms. The minimum atomic E-state index is -3.01. The van der Waals surface area contributed by atoms with E-state index in [2.05, 4.69) is 46.4 Å². The first-order valence-electron chi connectivity index (χ1n) is 15.5. The molecule has 0 unspecified atom stereocenters. The maximum Gasteiger partial charge on any atom is 0.335 e. The van der Waals surface area contributed by atoms with Crippen LogP contribution < -0.4 is 9.80 Å². The highest BCUT2D eigenvalue weighted by molar-refractivity contribution is 7.91. The summed E-state index contributed by atoms with van der Waals surface area (Å²) in [6, 6.07) is 16.6. The summed E-state index contributed by atoms with van der Waals surface area (Å²) >= 11 is 0. The number of carboxylic acids is 1. The number of urea groups is 1. The number of rotatable bonds is 7. The molecule has 0 radical (unpaired) electrons. The third kappa shape index (κ3) is 5.68. The number of carbonyl (C=O) groups excluding carboxylic acids is 1. The van der Waals surface area contributed by atoms with Gasteiger partial charge >= 0.3 is 12.0 Å². The predicted octanol–water partition coefficient (Wildman–Crippen LogP) is 5.52. The Morgan fingerprint density at radius 2 is 1.70 bits per heavy atom. The highest BCUT2D eigenvalue weighted by atomic mass is 32.2. The van der Waals surface area contributed by atoms with E-state index in [-0.39, 0.29) is 23.4 Å². The van der Waals surface area contributed by atoms with Gasteiger partial charge in [-0.25, -0.2) is 23.0 Å². The van der Waals surface area contributed by atoms with Gasteiger partial charge in [-0.3, -0.25) is 14.7 Å². The number of sulfone groups is 1. The number of pyridine rings is 1. The molecule has 0 bridgehead atoms. The van der Waals surface area contributed by atoms with Gasteiger partial charge in [-0.2, -0.15) is 0 Å². The second kappa shape index (κ2) is 11.7. The fourth-order valence-corrected chi connectivity index (χ4v) is 7.91. The number of aromatic nitrogens is 3. The number of H-pyrrole nitrogens is 1. The highest BCUT2D eigenvalue weighted by Crippen LogP contribution is 2.44. The fourth-order valence-electron chi connectivity index (χ4n) is 6.84. The maximum atomic E-state index is 13.5. The van der Waals surface area contributed by atoms with Gasteiger partial charge in [0.2, 0.25) is 0 Å². The molecule has 0 aliphatic carbocycles. The molecule has 3 aromatic heterocycles. The van der Waals surface area contributed by atoms with Crippen molar-refractivity contribution in [2.45, 2.75) is 31.2 Å². The number of piperidine rings is 1. The predicted molar refractivity (Wildman–Crippen MR) is 182 cm³/mol. The van der Waals surface area contributed by atoms with Crippen LogP contribution in [0.1, 0.15) is 34.3 Å². The summed E-state index contributed by atoms with van der Waals surface area (Å²) in [6.07, 6.45) is 8.46. The molecule has 5 aromatic rings. The molecule has 2 aliphatic rings. The third-order valence-corrected chi connectivity index (χ3v) is 11.1. The second-order valence-electron chi connectivity index (χ2n) is 12.6. The van der Waals surface area contributed by atoms with Gasteiger partial charge in [0.25, 0.3) is 0 Å². The lowest BCUT2D eigenvalue weighted by Gasteiger charge is -2.35. The molecule has 2 N–H and O–H groups in total. The first-order valence-corrected chi connectivity index (χ1v) is 17.5. The summed E-state index contributed by atoms with van der Waals surface area (Å²) in [7, 11) is 0.700. The molecule has 0 atom stereocenters. The number of carboxylic acid groups (broad SMARTS) is 1. The van der Waals surface area contributed by atoms with Gasteiger partial charge in [0, 0.05) is 67.1 Å². The highest BCUT2D eigenvalue weighted by Gasteiger charge is 2.33. The summed E-state index contributed by atoms with van der Waals surface area (Å²) < 4.78 is 26.0. The van der Waals surface area contributed by atoms with Crippen molar-refractivity contribution >= 4 is 44.2 Å². The number of aromatic amines is 1. The zero-order valence-electron chi connectivity index (χ0n) is 26.5. The Balaban J connectivity index is 1.26. The lowest BCUT2D eigenvalue weighted by Crippen LogP contribution is -2.45. The van der Waals surface area contributed by atoms with Gasteiger partial charge in [-0.05, 0) is 67.4 Å². The van der Waals surface area contributed by atoms with Crippen LogP contribution in [0.25, 0.3) is 33.4 Å². The Kier molecular flexibility index (Phi) is 7.64. The van der Waals surface area contributed by atoms with E-state index in [9.17, 15) is 23.1 Å². The monoisotopic (exact) mass is 652 g/mol. The van der Waals surface area contributed by atoms with Crippen molar-refractivity contribution in [2.24, 2.45) is 7.05 Å². The van der Waals surface area contributed by atoms with Crippen molar-refractivity contribution in [3.63, 3.8) is 0 Å². The number of aryl methyl sites for hydroxylation is 1. The number of hydrogen-bond donors (Lipinski definition) is 2. The topological polar surface area (TPSA) is 132 Å². The molecule has 2 aromatic carbocycles. The van der Waals surface area contributed by atoms with E-state index < -0.39 is 15.8 Å². The van der Waals surface area contributed by atoms with Crippen LogP contribution in [0.2, 0.25) is 0 Å². The normalized spacial score (nSPS) is 16.2. The average molecular weight is 653 g/mol. The number of likely N-dealkylation sites (tertiary alicyclic amines) is 1. The molecule has 12 heteroatoms. The van der Waals surface area contributed by atoms with Crippen LogP contribution >= 0.6 is 0 Å². The SMILES string of the molecule is CN1C(=O)N(c2ccc(C(=O)O)cc2)Cc2c1cnc1[nH]c(-c3ccc(CN4CCC(S(C)(=O)=O)CC4)cc3)c(-c3ccn(C)c3)c21.